The average molecular weight is 901 g/mol. The summed E-state index contributed by atoms with van der Waals surface area (Å²) in [5, 5.41) is 10.2. The molecule has 8 atom stereocenters. The van der Waals surface area contributed by atoms with Crippen molar-refractivity contribution in [1.82, 2.24) is 0 Å². The topological polar surface area (TPSA) is 110 Å². The van der Waals surface area contributed by atoms with Crippen LogP contribution >= 0.6 is 0 Å². The fourth-order valence-electron chi connectivity index (χ4n) is 11.4. The third kappa shape index (κ3) is 10.1. The molecule has 2 unspecified atom stereocenters. The van der Waals surface area contributed by atoms with Crippen LogP contribution in [0.5, 0.6) is 11.5 Å². The van der Waals surface area contributed by atoms with Gasteiger partial charge in [0.25, 0.3) is 0 Å². The third-order valence-corrected chi connectivity index (χ3v) is 14.8. The van der Waals surface area contributed by atoms with Crippen LogP contribution in [-0.4, -0.2) is 70.6 Å². The molecule has 0 aliphatic heterocycles. The predicted molar refractivity (Wildman–Crippen MR) is 258 cm³/mol. The summed E-state index contributed by atoms with van der Waals surface area (Å²) in [5.41, 5.74) is 10.6. The van der Waals surface area contributed by atoms with Crippen LogP contribution in [0.25, 0.3) is 22.3 Å². The molecule has 2 fully saturated rings. The first-order chi connectivity index (χ1) is 32.8. The highest BCUT2D eigenvalue weighted by molar-refractivity contribution is 5.91. The lowest BCUT2D eigenvalue weighted by atomic mass is 9.75. The number of carbonyl (C=O) groups is 2. The van der Waals surface area contributed by atoms with Gasteiger partial charge in [0.1, 0.15) is 30.5 Å². The molecule has 6 aromatic rings. The van der Waals surface area contributed by atoms with Gasteiger partial charge in [-0.1, -0.05) is 109 Å². The molecule has 0 spiro atoms. The van der Waals surface area contributed by atoms with Crippen LogP contribution in [0.4, 0.5) is 0 Å². The molecule has 9 heteroatoms. The SMILES string of the molecule is COCOC[C@H]1[C@H](OC(=O)c2ccc(-c3ccccc3)cc2)CC2Cc3c(cccc3OC)C[C@@H]21.COc1cccc2c1CC1C[C@@H](OC(=O)c3ccc(-c4ccccc4)cc3)[C@H](CO)[C@H]1C2. The van der Waals surface area contributed by atoms with Crippen LogP contribution in [0.1, 0.15) is 55.8 Å². The van der Waals surface area contributed by atoms with Gasteiger partial charge < -0.3 is 33.5 Å². The molecule has 0 radical (unpaired) electrons. The second-order valence-electron chi connectivity index (χ2n) is 18.4. The monoisotopic (exact) mass is 900 g/mol. The van der Waals surface area contributed by atoms with E-state index in [-0.39, 0.29) is 49.4 Å². The van der Waals surface area contributed by atoms with E-state index in [0.717, 1.165) is 72.3 Å². The molecule has 0 heterocycles. The summed E-state index contributed by atoms with van der Waals surface area (Å²) in [6.07, 6.45) is 4.82. The number of methoxy groups -OCH3 is 3. The molecular weight excluding hydrogens is 841 g/mol. The maximum atomic E-state index is 13.1. The lowest BCUT2D eigenvalue weighted by Crippen LogP contribution is -2.32. The van der Waals surface area contributed by atoms with Crippen molar-refractivity contribution in [3.63, 3.8) is 0 Å². The Bertz CT molecular complexity index is 2590. The number of carbonyl (C=O) groups excluding carboxylic acids is 2. The summed E-state index contributed by atoms with van der Waals surface area (Å²) in [6, 6.07) is 47.9. The van der Waals surface area contributed by atoms with E-state index in [1.54, 1.807) is 21.3 Å². The van der Waals surface area contributed by atoms with Crippen molar-refractivity contribution in [3.8, 4) is 33.8 Å². The van der Waals surface area contributed by atoms with Crippen molar-refractivity contribution < 1.29 is 43.1 Å². The number of benzene rings is 6. The lowest BCUT2D eigenvalue weighted by Gasteiger charge is -2.32. The molecule has 0 aromatic heterocycles. The Balaban J connectivity index is 0.000000169. The maximum Gasteiger partial charge on any atom is 0.338 e. The lowest BCUT2D eigenvalue weighted by molar-refractivity contribution is -0.0659. The maximum absolute atomic E-state index is 13.1. The highest BCUT2D eigenvalue weighted by Crippen LogP contribution is 2.49. The quantitative estimate of drug-likeness (QED) is 0.0688. The van der Waals surface area contributed by atoms with Gasteiger partial charge in [-0.05, 0) is 143 Å². The fourth-order valence-corrected chi connectivity index (χ4v) is 11.4. The Morgan fingerprint density at radius 1 is 0.507 bits per heavy atom. The Kier molecular flexibility index (Phi) is 14.5. The first kappa shape index (κ1) is 45.9. The predicted octanol–water partition coefficient (Wildman–Crippen LogP) is 10.5. The molecule has 6 aromatic carbocycles. The summed E-state index contributed by atoms with van der Waals surface area (Å²) in [6.45, 7) is 0.782. The van der Waals surface area contributed by atoms with Crippen molar-refractivity contribution in [3.05, 3.63) is 179 Å². The third-order valence-electron chi connectivity index (χ3n) is 14.8. The van der Waals surface area contributed by atoms with E-state index in [4.69, 9.17) is 28.4 Å². The van der Waals surface area contributed by atoms with E-state index in [0.29, 0.717) is 41.4 Å². The van der Waals surface area contributed by atoms with Crippen LogP contribution in [-0.2, 0) is 44.6 Å². The number of fused-ring (bicyclic) bond motifs is 4. The number of esters is 2. The smallest absolute Gasteiger partial charge is 0.338 e. The van der Waals surface area contributed by atoms with Gasteiger partial charge in [-0.2, -0.15) is 0 Å². The number of aliphatic hydroxyl groups excluding tert-OH is 1. The van der Waals surface area contributed by atoms with Crippen LogP contribution in [0.2, 0.25) is 0 Å². The molecule has 67 heavy (non-hydrogen) atoms. The highest BCUT2D eigenvalue weighted by atomic mass is 16.7. The Labute approximate surface area is 394 Å². The molecule has 346 valence electrons. The van der Waals surface area contributed by atoms with Gasteiger partial charge in [-0.25, -0.2) is 9.59 Å². The van der Waals surface area contributed by atoms with Crippen molar-refractivity contribution in [2.24, 2.45) is 35.5 Å². The number of ether oxygens (including phenoxy) is 6. The van der Waals surface area contributed by atoms with Crippen LogP contribution in [0.15, 0.2) is 146 Å². The van der Waals surface area contributed by atoms with Gasteiger partial charge in [0.15, 0.2) is 0 Å². The zero-order valence-corrected chi connectivity index (χ0v) is 38.6. The van der Waals surface area contributed by atoms with E-state index >= 15 is 0 Å². The molecule has 0 saturated heterocycles. The molecule has 1 N–H and O–H groups in total. The van der Waals surface area contributed by atoms with Crippen molar-refractivity contribution in [1.29, 1.82) is 0 Å². The summed E-state index contributed by atoms with van der Waals surface area (Å²) in [4.78, 5) is 26.1. The van der Waals surface area contributed by atoms with Gasteiger partial charge in [-0.3, -0.25) is 0 Å². The summed E-state index contributed by atoms with van der Waals surface area (Å²) >= 11 is 0. The van der Waals surface area contributed by atoms with E-state index < -0.39 is 0 Å². The van der Waals surface area contributed by atoms with E-state index in [9.17, 15) is 14.7 Å². The van der Waals surface area contributed by atoms with Gasteiger partial charge in [0.05, 0.1) is 32.0 Å². The zero-order valence-electron chi connectivity index (χ0n) is 38.6. The molecule has 0 bridgehead atoms. The number of aliphatic hydroxyl groups is 1. The van der Waals surface area contributed by atoms with Crippen molar-refractivity contribution in [2.75, 3.05) is 41.3 Å². The normalized spacial score (nSPS) is 23.3. The fraction of sp³-hybridized carbons (Fsp3) is 0.345. The van der Waals surface area contributed by atoms with Gasteiger partial charge >= 0.3 is 11.9 Å². The largest absolute Gasteiger partial charge is 0.496 e. The van der Waals surface area contributed by atoms with E-state index in [1.807, 2.05) is 115 Å². The second kappa shape index (κ2) is 21.1. The minimum absolute atomic E-state index is 0.0331. The zero-order chi connectivity index (χ0) is 46.3. The van der Waals surface area contributed by atoms with Crippen molar-refractivity contribution in [2.45, 2.75) is 50.7 Å². The van der Waals surface area contributed by atoms with Gasteiger partial charge in [0, 0.05) is 25.6 Å². The molecule has 2 saturated carbocycles. The summed E-state index contributed by atoms with van der Waals surface area (Å²) in [7, 11) is 5.06. The van der Waals surface area contributed by atoms with E-state index in [1.165, 1.54) is 22.3 Å². The average Bonchev–Trinajstić information content (AvgIpc) is 3.89. The van der Waals surface area contributed by atoms with E-state index in [2.05, 4.69) is 30.3 Å². The Hall–Kier alpha value is -6.26. The first-order valence-electron chi connectivity index (χ1n) is 23.6. The van der Waals surface area contributed by atoms with Crippen molar-refractivity contribution >= 4 is 11.9 Å². The highest BCUT2D eigenvalue weighted by Gasteiger charge is 2.49. The Morgan fingerprint density at radius 2 is 0.940 bits per heavy atom. The van der Waals surface area contributed by atoms with Crippen LogP contribution < -0.4 is 9.47 Å². The minimum Gasteiger partial charge on any atom is -0.496 e. The summed E-state index contributed by atoms with van der Waals surface area (Å²) in [5.74, 6) is 2.90. The summed E-state index contributed by atoms with van der Waals surface area (Å²) < 4.78 is 34.2. The second-order valence-corrected chi connectivity index (χ2v) is 18.4. The Morgan fingerprint density at radius 3 is 1.37 bits per heavy atom. The number of rotatable bonds is 13. The standard InChI is InChI=1S/C30H32O5.C28H28O4/c1-32-19-34-18-27-25-15-23-9-6-10-28(33-2)26(23)16-24(25)17-29(27)35-30(31)22-13-11-21(12-14-22)20-7-4-3-5-8-20;1-31-26-9-5-8-21-14-23-22(15-24(21)26)16-27(25(23)17-29)32-28(30)20-12-10-19(11-13-20)18-6-3-2-4-7-18/h3-14,24-25,27,29H,15-19H2,1-2H3;2-13,22-23,25,27,29H,14-17H2,1H3/t24?,25-,27+,29+;22?,23-,25+,27+/m00/s1. The molecule has 9 nitrogen and oxygen atoms in total. The van der Waals surface area contributed by atoms with Gasteiger partial charge in [-0.15, -0.1) is 0 Å². The van der Waals surface area contributed by atoms with Crippen LogP contribution in [0, 0.1) is 35.5 Å². The molecule has 10 rings (SSSR count). The number of hydrogen-bond donors (Lipinski definition) is 1. The van der Waals surface area contributed by atoms with Gasteiger partial charge in [0.2, 0.25) is 0 Å². The minimum atomic E-state index is -0.318. The van der Waals surface area contributed by atoms with Crippen LogP contribution in [0.3, 0.4) is 0 Å². The number of hydrogen-bond acceptors (Lipinski definition) is 9. The first-order valence-corrected chi connectivity index (χ1v) is 23.6. The molecule has 0 amide bonds. The molecule has 4 aliphatic rings. The molecule has 4 aliphatic carbocycles. The molecular formula is C58H60O9.